The number of nitrogens with zero attached hydrogens (tertiary/aromatic N) is 2. The number of rotatable bonds is 4. The van der Waals surface area contributed by atoms with Crippen LogP contribution in [-0.4, -0.2) is 18.3 Å². The lowest BCUT2D eigenvalue weighted by molar-refractivity contribution is -0.382. The third-order valence-corrected chi connectivity index (χ3v) is 5.16. The predicted molar refractivity (Wildman–Crippen MR) is 90.1 cm³/mol. The Balaban J connectivity index is 2.22. The molecule has 2 N–H and O–H groups in total. The fourth-order valence-corrected chi connectivity index (χ4v) is 3.92. The van der Waals surface area contributed by atoms with Gasteiger partial charge in [-0.25, -0.2) is 13.4 Å². The molecule has 0 aliphatic carbocycles. The highest BCUT2D eigenvalue weighted by Gasteiger charge is 2.29. The van der Waals surface area contributed by atoms with Gasteiger partial charge in [0.2, 0.25) is 9.84 Å². The summed E-state index contributed by atoms with van der Waals surface area (Å²) in [7, 11) is -3.93. The Labute approximate surface area is 137 Å². The summed E-state index contributed by atoms with van der Waals surface area (Å²) >= 11 is 0. The zero-order valence-electron chi connectivity index (χ0n) is 12.4. The molecule has 2 aromatic carbocycles. The van der Waals surface area contributed by atoms with Crippen molar-refractivity contribution in [2.24, 2.45) is 0 Å². The molecule has 0 aliphatic rings. The Kier molecular flexibility index (Phi) is 3.90. The molecule has 122 valence electrons. The highest BCUT2D eigenvalue weighted by molar-refractivity contribution is 7.90. The van der Waals surface area contributed by atoms with Gasteiger partial charge in [0.05, 0.1) is 21.6 Å². The van der Waals surface area contributed by atoms with Crippen molar-refractivity contribution < 1.29 is 13.3 Å². The monoisotopic (exact) mass is 343 g/mol. The Morgan fingerprint density at radius 1 is 1.04 bits per heavy atom. The van der Waals surface area contributed by atoms with Gasteiger partial charge < -0.3 is 5.73 Å². The molecule has 0 aliphatic heterocycles. The van der Waals surface area contributed by atoms with E-state index in [1.54, 1.807) is 42.5 Å². The largest absolute Gasteiger partial charge is 0.391 e. The van der Waals surface area contributed by atoms with E-state index >= 15 is 0 Å². The molecular weight excluding hydrogens is 330 g/mol. The lowest BCUT2D eigenvalue weighted by Crippen LogP contribution is -2.12. The average molecular weight is 343 g/mol. The SMILES string of the molecule is Nc1c(S(=O)(=O)Cc2ccccc2)nc2ccccc2c1[N+](=O)[O-]. The summed E-state index contributed by atoms with van der Waals surface area (Å²) in [4.78, 5) is 14.8. The minimum Gasteiger partial charge on any atom is -0.391 e. The van der Waals surface area contributed by atoms with E-state index < -0.39 is 31.2 Å². The van der Waals surface area contributed by atoms with Crippen LogP contribution in [0.25, 0.3) is 10.9 Å². The van der Waals surface area contributed by atoms with E-state index in [2.05, 4.69) is 4.98 Å². The lowest BCUT2D eigenvalue weighted by atomic mass is 10.2. The molecule has 0 bridgehead atoms. The van der Waals surface area contributed by atoms with Gasteiger partial charge in [0.1, 0.15) is 5.69 Å². The van der Waals surface area contributed by atoms with Gasteiger partial charge in [0.15, 0.2) is 5.03 Å². The van der Waals surface area contributed by atoms with Gasteiger partial charge in [-0.05, 0) is 17.7 Å². The number of nitrogen functional groups attached to an aromatic ring is 1. The Bertz CT molecular complexity index is 1030. The number of hydrogen-bond donors (Lipinski definition) is 1. The van der Waals surface area contributed by atoms with E-state index in [4.69, 9.17) is 5.73 Å². The van der Waals surface area contributed by atoms with Gasteiger partial charge in [-0.2, -0.15) is 0 Å². The van der Waals surface area contributed by atoms with Gasteiger partial charge in [-0.1, -0.05) is 42.5 Å². The van der Waals surface area contributed by atoms with Crippen molar-refractivity contribution >= 4 is 32.1 Å². The molecule has 0 saturated carbocycles. The summed E-state index contributed by atoms with van der Waals surface area (Å²) in [6.45, 7) is 0. The lowest BCUT2D eigenvalue weighted by Gasteiger charge is -2.09. The zero-order valence-corrected chi connectivity index (χ0v) is 13.2. The average Bonchev–Trinajstić information content (AvgIpc) is 2.54. The molecule has 0 atom stereocenters. The normalized spacial score (nSPS) is 11.5. The smallest absolute Gasteiger partial charge is 0.304 e. The van der Waals surface area contributed by atoms with Crippen LogP contribution in [0.5, 0.6) is 0 Å². The second-order valence-corrected chi connectivity index (χ2v) is 7.10. The summed E-state index contributed by atoms with van der Waals surface area (Å²) in [5, 5.41) is 11.1. The fourth-order valence-electron chi connectivity index (χ4n) is 2.48. The number of para-hydroxylation sites is 1. The number of hydrogen-bond acceptors (Lipinski definition) is 6. The van der Waals surface area contributed by atoms with E-state index in [1.165, 1.54) is 12.1 Å². The predicted octanol–water partition coefficient (Wildman–Crippen LogP) is 2.70. The molecule has 0 fully saturated rings. The Hall–Kier alpha value is -3.00. The maximum atomic E-state index is 12.7. The quantitative estimate of drug-likeness (QED) is 0.575. The van der Waals surface area contributed by atoms with E-state index in [-0.39, 0.29) is 16.7 Å². The van der Waals surface area contributed by atoms with Crippen LogP contribution in [0.4, 0.5) is 11.4 Å². The first-order chi connectivity index (χ1) is 11.4. The van der Waals surface area contributed by atoms with Crippen LogP contribution < -0.4 is 5.73 Å². The third kappa shape index (κ3) is 2.79. The Morgan fingerprint density at radius 2 is 1.67 bits per heavy atom. The van der Waals surface area contributed by atoms with Crippen LogP contribution in [0.2, 0.25) is 0 Å². The van der Waals surface area contributed by atoms with Crippen LogP contribution in [0.3, 0.4) is 0 Å². The minimum atomic E-state index is -3.93. The molecule has 0 amide bonds. The molecule has 3 rings (SSSR count). The Morgan fingerprint density at radius 3 is 2.33 bits per heavy atom. The van der Waals surface area contributed by atoms with E-state index in [1.807, 2.05) is 0 Å². The first-order valence-electron chi connectivity index (χ1n) is 6.99. The summed E-state index contributed by atoms with van der Waals surface area (Å²) in [5.41, 5.74) is 5.70. The molecule has 3 aromatic rings. The van der Waals surface area contributed by atoms with Crippen LogP contribution in [0.1, 0.15) is 5.56 Å². The number of benzene rings is 2. The molecule has 8 heteroatoms. The van der Waals surface area contributed by atoms with Gasteiger partial charge in [-0.3, -0.25) is 10.1 Å². The maximum absolute atomic E-state index is 12.7. The first-order valence-corrected chi connectivity index (χ1v) is 8.64. The zero-order chi connectivity index (χ0) is 17.3. The molecule has 0 unspecified atom stereocenters. The molecule has 7 nitrogen and oxygen atoms in total. The van der Waals surface area contributed by atoms with Crippen LogP contribution in [-0.2, 0) is 15.6 Å². The van der Waals surface area contributed by atoms with Crippen molar-refractivity contribution in [2.75, 3.05) is 5.73 Å². The molecule has 0 radical (unpaired) electrons. The highest BCUT2D eigenvalue weighted by atomic mass is 32.2. The van der Waals surface area contributed by atoms with Gasteiger partial charge in [0, 0.05) is 0 Å². The van der Waals surface area contributed by atoms with Crippen LogP contribution in [0.15, 0.2) is 59.6 Å². The minimum absolute atomic E-state index is 0.207. The van der Waals surface area contributed by atoms with Crippen molar-refractivity contribution in [2.45, 2.75) is 10.8 Å². The van der Waals surface area contributed by atoms with Crippen LogP contribution >= 0.6 is 0 Å². The summed E-state index contributed by atoms with van der Waals surface area (Å²) in [6, 6.07) is 14.7. The third-order valence-electron chi connectivity index (χ3n) is 3.54. The molecule has 1 heterocycles. The summed E-state index contributed by atoms with van der Waals surface area (Å²) < 4.78 is 25.4. The van der Waals surface area contributed by atoms with E-state index in [9.17, 15) is 18.5 Å². The van der Waals surface area contributed by atoms with Gasteiger partial charge in [-0.15, -0.1) is 0 Å². The highest BCUT2D eigenvalue weighted by Crippen LogP contribution is 2.35. The fraction of sp³-hybridized carbons (Fsp3) is 0.0625. The van der Waals surface area contributed by atoms with Crippen molar-refractivity contribution in [1.29, 1.82) is 0 Å². The van der Waals surface area contributed by atoms with Crippen molar-refractivity contribution in [1.82, 2.24) is 4.98 Å². The number of sulfone groups is 1. The summed E-state index contributed by atoms with van der Waals surface area (Å²) in [5.74, 6) is -0.333. The van der Waals surface area contributed by atoms with E-state index in [0.717, 1.165) is 0 Å². The molecular formula is C16H13N3O4S. The number of nitro groups is 1. The molecule has 1 aromatic heterocycles. The number of nitrogens with two attached hydrogens (primary N) is 1. The number of aromatic nitrogens is 1. The second-order valence-electron chi connectivity index (χ2n) is 5.20. The van der Waals surface area contributed by atoms with Crippen molar-refractivity contribution in [3.05, 3.63) is 70.3 Å². The maximum Gasteiger partial charge on any atom is 0.304 e. The molecule has 0 saturated heterocycles. The topological polar surface area (TPSA) is 116 Å². The number of fused-ring (bicyclic) bond motifs is 1. The van der Waals surface area contributed by atoms with Gasteiger partial charge in [0.25, 0.3) is 0 Å². The summed E-state index contributed by atoms with van der Waals surface area (Å²) in [6.07, 6.45) is 0. The van der Waals surface area contributed by atoms with Crippen molar-refractivity contribution in [3.63, 3.8) is 0 Å². The second kappa shape index (κ2) is 5.89. The van der Waals surface area contributed by atoms with Gasteiger partial charge >= 0.3 is 5.69 Å². The number of anilines is 1. The standard InChI is InChI=1S/C16H13N3O4S/c17-14-15(19(20)21)12-8-4-5-9-13(12)18-16(14)24(22,23)10-11-6-2-1-3-7-11/h1-9H,10,17H2. The first kappa shape index (κ1) is 15.9. The van der Waals surface area contributed by atoms with Crippen LogP contribution in [0, 0.1) is 10.1 Å². The van der Waals surface area contributed by atoms with E-state index in [0.29, 0.717) is 5.56 Å². The molecule has 0 spiro atoms. The number of pyridine rings is 1. The van der Waals surface area contributed by atoms with Crippen molar-refractivity contribution in [3.8, 4) is 0 Å². The molecule has 24 heavy (non-hydrogen) atoms.